The van der Waals surface area contributed by atoms with Gasteiger partial charge in [0, 0.05) is 7.11 Å². The molecular weight excluding hydrogens is 214 g/mol. The second kappa shape index (κ2) is 6.91. The third-order valence-corrected chi connectivity index (χ3v) is 1.80. The van der Waals surface area contributed by atoms with E-state index in [1.54, 1.807) is 7.11 Å². The molecule has 0 N–H and O–H groups in total. The van der Waals surface area contributed by atoms with Crippen LogP contribution in [-0.4, -0.2) is 54.8 Å². The third-order valence-electron chi connectivity index (χ3n) is 1.80. The lowest BCUT2D eigenvalue weighted by atomic mass is 10.6. The Morgan fingerprint density at radius 2 is 2.19 bits per heavy atom. The van der Waals surface area contributed by atoms with Gasteiger partial charge >= 0.3 is 5.97 Å². The first-order chi connectivity index (χ1) is 7.77. The molecule has 0 radical (unpaired) electrons. The molecule has 0 spiro atoms. The second-order valence-electron chi connectivity index (χ2n) is 2.93. The van der Waals surface area contributed by atoms with Crippen LogP contribution in [0.25, 0.3) is 0 Å². The molecule has 7 heteroatoms. The van der Waals surface area contributed by atoms with Crippen molar-refractivity contribution in [1.82, 2.24) is 14.8 Å². The van der Waals surface area contributed by atoms with Crippen LogP contribution in [0.15, 0.2) is 6.33 Å². The van der Waals surface area contributed by atoms with Crippen LogP contribution >= 0.6 is 0 Å². The van der Waals surface area contributed by atoms with E-state index < -0.39 is 5.97 Å². The number of nitrogens with zero attached hydrogens (tertiary/aromatic N) is 3. The van der Waals surface area contributed by atoms with Crippen molar-refractivity contribution in [2.45, 2.75) is 6.54 Å². The van der Waals surface area contributed by atoms with Crippen molar-refractivity contribution in [3.8, 4) is 0 Å². The molecule has 0 saturated carbocycles. The summed E-state index contributed by atoms with van der Waals surface area (Å²) in [4.78, 5) is 14.8. The first-order valence-electron chi connectivity index (χ1n) is 4.82. The van der Waals surface area contributed by atoms with Gasteiger partial charge in [-0.1, -0.05) is 0 Å². The summed E-state index contributed by atoms with van der Waals surface area (Å²) < 4.78 is 16.1. The molecule has 0 saturated heterocycles. The number of carbonyl (C=O) groups is 1. The predicted octanol–water partition coefficient (Wildman–Crippen LogP) is -0.272. The van der Waals surface area contributed by atoms with Crippen LogP contribution in [0.1, 0.15) is 10.6 Å². The molecule has 0 unspecified atom stereocenters. The van der Waals surface area contributed by atoms with Crippen LogP contribution in [0.3, 0.4) is 0 Å². The summed E-state index contributed by atoms with van der Waals surface area (Å²) in [5.74, 6) is -0.488. The van der Waals surface area contributed by atoms with E-state index >= 15 is 0 Å². The summed E-state index contributed by atoms with van der Waals surface area (Å²) in [6.07, 6.45) is 1.46. The molecule has 0 bridgehead atoms. The Hall–Kier alpha value is -1.47. The van der Waals surface area contributed by atoms with Crippen molar-refractivity contribution in [2.75, 3.05) is 34.0 Å². The standard InChI is InChI=1S/C9H15N3O4/c1-14-5-6-16-4-3-12-7-10-8(11-12)9(13)15-2/h7H,3-6H2,1-2H3. The lowest BCUT2D eigenvalue weighted by Crippen LogP contribution is -2.11. The number of hydrogen-bond donors (Lipinski definition) is 0. The zero-order chi connectivity index (χ0) is 11.8. The molecule has 0 fully saturated rings. The molecule has 16 heavy (non-hydrogen) atoms. The van der Waals surface area contributed by atoms with Crippen LogP contribution in [0.4, 0.5) is 0 Å². The van der Waals surface area contributed by atoms with Gasteiger partial charge in [-0.2, -0.15) is 0 Å². The Labute approximate surface area is 93.3 Å². The van der Waals surface area contributed by atoms with Gasteiger partial charge in [-0.3, -0.25) is 0 Å². The quantitative estimate of drug-likeness (QED) is 0.473. The van der Waals surface area contributed by atoms with Gasteiger partial charge in [0.1, 0.15) is 6.33 Å². The van der Waals surface area contributed by atoms with Gasteiger partial charge in [-0.15, -0.1) is 5.10 Å². The highest BCUT2D eigenvalue weighted by Gasteiger charge is 2.10. The summed E-state index contributed by atoms with van der Waals surface area (Å²) in [5.41, 5.74) is 0. The maximum atomic E-state index is 11.0. The van der Waals surface area contributed by atoms with Crippen molar-refractivity contribution in [1.29, 1.82) is 0 Å². The monoisotopic (exact) mass is 229 g/mol. The third kappa shape index (κ3) is 3.95. The van der Waals surface area contributed by atoms with Gasteiger partial charge < -0.3 is 14.2 Å². The maximum Gasteiger partial charge on any atom is 0.377 e. The summed E-state index contributed by atoms with van der Waals surface area (Å²) in [5, 5.41) is 3.92. The van der Waals surface area contributed by atoms with E-state index in [1.165, 1.54) is 18.1 Å². The van der Waals surface area contributed by atoms with Crippen LogP contribution in [-0.2, 0) is 20.8 Å². The smallest absolute Gasteiger partial charge is 0.377 e. The van der Waals surface area contributed by atoms with Crippen molar-refractivity contribution in [3.63, 3.8) is 0 Å². The number of rotatable bonds is 7. The molecule has 0 atom stereocenters. The second-order valence-corrected chi connectivity index (χ2v) is 2.93. The minimum Gasteiger partial charge on any atom is -0.463 e. The number of carbonyl (C=O) groups excluding carboxylic acids is 1. The molecule has 7 nitrogen and oxygen atoms in total. The van der Waals surface area contributed by atoms with Gasteiger partial charge in [-0.05, 0) is 0 Å². The van der Waals surface area contributed by atoms with Gasteiger partial charge in [0.25, 0.3) is 5.82 Å². The Bertz CT molecular complexity index is 326. The van der Waals surface area contributed by atoms with Crippen molar-refractivity contribution >= 4 is 5.97 Å². The largest absolute Gasteiger partial charge is 0.463 e. The highest BCUT2D eigenvalue weighted by Crippen LogP contribution is 1.92. The lowest BCUT2D eigenvalue weighted by Gasteiger charge is -2.02. The predicted molar refractivity (Wildman–Crippen MR) is 54.1 cm³/mol. The molecule has 0 aliphatic heterocycles. The van der Waals surface area contributed by atoms with E-state index in [1.807, 2.05) is 0 Å². The van der Waals surface area contributed by atoms with Crippen molar-refractivity contribution < 1.29 is 19.0 Å². The fourth-order valence-corrected chi connectivity index (χ4v) is 0.990. The molecule has 1 aromatic heterocycles. The van der Waals surface area contributed by atoms with Gasteiger partial charge in [0.05, 0.1) is 33.5 Å². The Morgan fingerprint density at radius 3 is 2.88 bits per heavy atom. The highest BCUT2D eigenvalue weighted by molar-refractivity contribution is 5.84. The molecule has 1 rings (SSSR count). The van der Waals surface area contributed by atoms with E-state index in [2.05, 4.69) is 14.8 Å². The number of esters is 1. The van der Waals surface area contributed by atoms with Crippen LogP contribution < -0.4 is 0 Å². The first kappa shape index (κ1) is 12.6. The van der Waals surface area contributed by atoms with Gasteiger partial charge in [0.2, 0.25) is 0 Å². The topological polar surface area (TPSA) is 75.5 Å². The summed E-state index contributed by atoms with van der Waals surface area (Å²) in [6, 6.07) is 0. The summed E-state index contributed by atoms with van der Waals surface area (Å²) >= 11 is 0. The number of aromatic nitrogens is 3. The van der Waals surface area contributed by atoms with E-state index in [-0.39, 0.29) is 5.82 Å². The Morgan fingerprint density at radius 1 is 1.38 bits per heavy atom. The molecule has 0 aliphatic rings. The highest BCUT2D eigenvalue weighted by atomic mass is 16.5. The Balaban J connectivity index is 2.27. The zero-order valence-corrected chi connectivity index (χ0v) is 9.38. The van der Waals surface area contributed by atoms with E-state index in [0.29, 0.717) is 26.4 Å². The van der Waals surface area contributed by atoms with Crippen molar-refractivity contribution in [3.05, 3.63) is 12.2 Å². The normalized spacial score (nSPS) is 10.4. The number of hydrogen-bond acceptors (Lipinski definition) is 6. The molecule has 90 valence electrons. The molecule has 1 aromatic rings. The maximum absolute atomic E-state index is 11.0. The summed E-state index contributed by atoms with van der Waals surface area (Å²) in [6.45, 7) is 2.13. The molecular formula is C9H15N3O4. The average molecular weight is 229 g/mol. The number of ether oxygens (including phenoxy) is 3. The van der Waals surface area contributed by atoms with E-state index in [9.17, 15) is 4.79 Å². The molecule has 0 aromatic carbocycles. The Kier molecular flexibility index (Phi) is 5.44. The van der Waals surface area contributed by atoms with Gasteiger partial charge in [0.15, 0.2) is 0 Å². The molecule has 0 aliphatic carbocycles. The summed E-state index contributed by atoms with van der Waals surface area (Å²) in [7, 11) is 2.90. The molecule has 0 amide bonds. The fourth-order valence-electron chi connectivity index (χ4n) is 0.990. The van der Waals surface area contributed by atoms with Crippen LogP contribution in [0.2, 0.25) is 0 Å². The zero-order valence-electron chi connectivity index (χ0n) is 9.38. The average Bonchev–Trinajstić information content (AvgIpc) is 2.76. The van der Waals surface area contributed by atoms with Gasteiger partial charge in [-0.25, -0.2) is 14.5 Å². The van der Waals surface area contributed by atoms with Crippen LogP contribution in [0.5, 0.6) is 0 Å². The lowest BCUT2D eigenvalue weighted by molar-refractivity contribution is 0.0581. The van der Waals surface area contributed by atoms with E-state index in [0.717, 1.165) is 0 Å². The minimum atomic E-state index is -0.543. The molecule has 1 heterocycles. The van der Waals surface area contributed by atoms with E-state index in [4.69, 9.17) is 9.47 Å². The van der Waals surface area contributed by atoms with Crippen molar-refractivity contribution in [2.24, 2.45) is 0 Å². The SMILES string of the molecule is COCCOCCn1cnc(C(=O)OC)n1. The van der Waals surface area contributed by atoms with Crippen LogP contribution in [0, 0.1) is 0 Å². The number of methoxy groups -OCH3 is 2. The fraction of sp³-hybridized carbons (Fsp3) is 0.667. The minimum absolute atomic E-state index is 0.0550. The first-order valence-corrected chi connectivity index (χ1v) is 4.82.